The maximum atomic E-state index is 13.4. The number of hydrogen-bond donors (Lipinski definition) is 1. The Balaban J connectivity index is 1.95. The lowest BCUT2D eigenvalue weighted by Gasteiger charge is -2.40. The minimum atomic E-state index is -0.0394. The average molecular weight is 390 g/mol. The largest absolute Gasteiger partial charge is 0.377 e. The van der Waals surface area contributed by atoms with Gasteiger partial charge in [0.05, 0.1) is 6.61 Å². The molecule has 0 fully saturated rings. The summed E-state index contributed by atoms with van der Waals surface area (Å²) in [4.78, 5) is 13.4. The first kappa shape index (κ1) is 19.9. The molecule has 0 aromatic heterocycles. The van der Waals surface area contributed by atoms with Gasteiger partial charge in [0.25, 0.3) is 0 Å². The molecule has 3 heteroatoms. The number of carbonyl (C=O) groups is 1. The van der Waals surface area contributed by atoms with Gasteiger partial charge in [-0.25, -0.2) is 0 Å². The molecule has 1 aliphatic heterocycles. The maximum absolute atomic E-state index is 13.4. The quantitative estimate of drug-likeness (QED) is 0.695. The fraction of sp³-hybridized carbons (Fsp3) is 0.423. The van der Waals surface area contributed by atoms with Gasteiger partial charge in [0.15, 0.2) is 5.78 Å². The van der Waals surface area contributed by atoms with Crippen LogP contribution in [-0.4, -0.2) is 19.0 Å². The van der Waals surface area contributed by atoms with E-state index in [2.05, 4.69) is 68.6 Å². The number of rotatable bonds is 5. The zero-order chi connectivity index (χ0) is 20.6. The van der Waals surface area contributed by atoms with Gasteiger partial charge in [-0.05, 0) is 47.1 Å². The predicted octanol–water partition coefficient (Wildman–Crippen LogP) is 5.87. The number of hydrogen-bond acceptors (Lipinski definition) is 3. The van der Waals surface area contributed by atoms with Crippen LogP contribution in [0.15, 0.2) is 65.0 Å². The Kier molecular flexibility index (Phi) is 5.35. The molecule has 2 aromatic carbocycles. The van der Waals surface area contributed by atoms with E-state index < -0.39 is 0 Å². The molecule has 0 radical (unpaired) electrons. The third-order valence-electron chi connectivity index (χ3n) is 6.20. The molecule has 0 bridgehead atoms. The first-order valence-electron chi connectivity index (χ1n) is 10.8. The van der Waals surface area contributed by atoms with Gasteiger partial charge in [-0.1, -0.05) is 63.2 Å². The fourth-order valence-corrected chi connectivity index (χ4v) is 4.94. The van der Waals surface area contributed by atoms with Crippen LogP contribution in [-0.2, 0) is 9.53 Å². The van der Waals surface area contributed by atoms with Gasteiger partial charge >= 0.3 is 0 Å². The fourth-order valence-electron chi connectivity index (χ4n) is 4.94. The molecule has 4 rings (SSSR count). The van der Waals surface area contributed by atoms with E-state index in [9.17, 15) is 4.79 Å². The van der Waals surface area contributed by atoms with Crippen LogP contribution >= 0.6 is 0 Å². The van der Waals surface area contributed by atoms with Gasteiger partial charge in [0, 0.05) is 35.9 Å². The molecule has 3 nitrogen and oxygen atoms in total. The van der Waals surface area contributed by atoms with Crippen LogP contribution in [0.3, 0.4) is 0 Å². The second kappa shape index (κ2) is 7.79. The van der Waals surface area contributed by atoms with E-state index in [-0.39, 0.29) is 17.1 Å². The van der Waals surface area contributed by atoms with Crippen LogP contribution in [0, 0.1) is 5.41 Å². The zero-order valence-electron chi connectivity index (χ0n) is 18.0. The SMILES string of the molecule is CCOCC1=C(CC)NC2=C(C(=O)CC(C)(C)C2)C1c1cccc2ccccc12. The zero-order valence-corrected chi connectivity index (χ0v) is 18.0. The van der Waals surface area contributed by atoms with Crippen molar-refractivity contribution >= 4 is 16.6 Å². The number of Topliss-reactive ketones (excluding diaryl/α,β-unsaturated/α-hetero) is 1. The Morgan fingerprint density at radius 2 is 1.83 bits per heavy atom. The molecule has 1 aliphatic carbocycles. The maximum Gasteiger partial charge on any atom is 0.162 e. The van der Waals surface area contributed by atoms with E-state index in [0.717, 1.165) is 24.1 Å². The van der Waals surface area contributed by atoms with Gasteiger partial charge in [0.2, 0.25) is 0 Å². The Morgan fingerprint density at radius 3 is 2.59 bits per heavy atom. The van der Waals surface area contributed by atoms with Crippen molar-refractivity contribution in [3.05, 3.63) is 70.6 Å². The smallest absolute Gasteiger partial charge is 0.162 e. The number of fused-ring (bicyclic) bond motifs is 1. The van der Waals surface area contributed by atoms with Crippen LogP contribution in [0.25, 0.3) is 10.8 Å². The van der Waals surface area contributed by atoms with E-state index >= 15 is 0 Å². The molecular weight excluding hydrogens is 358 g/mol. The van der Waals surface area contributed by atoms with Crippen molar-refractivity contribution in [1.29, 1.82) is 0 Å². The summed E-state index contributed by atoms with van der Waals surface area (Å²) in [6.45, 7) is 9.79. The number of ether oxygens (including phenoxy) is 1. The minimum Gasteiger partial charge on any atom is -0.377 e. The molecule has 2 aliphatic rings. The summed E-state index contributed by atoms with van der Waals surface area (Å²) in [5.74, 6) is 0.230. The molecule has 1 atom stereocenters. The van der Waals surface area contributed by atoms with Crippen molar-refractivity contribution in [3.8, 4) is 0 Å². The molecular formula is C26H31NO2. The van der Waals surface area contributed by atoms with Crippen LogP contribution in [0.4, 0.5) is 0 Å². The Bertz CT molecular complexity index is 1010. The number of benzene rings is 2. The summed E-state index contributed by atoms with van der Waals surface area (Å²) in [5.41, 5.74) is 5.68. The molecule has 152 valence electrons. The molecule has 1 N–H and O–H groups in total. The summed E-state index contributed by atoms with van der Waals surface area (Å²) >= 11 is 0. The van der Waals surface area contributed by atoms with Gasteiger partial charge in [0.1, 0.15) is 0 Å². The predicted molar refractivity (Wildman–Crippen MR) is 119 cm³/mol. The molecule has 0 saturated carbocycles. The van der Waals surface area contributed by atoms with Gasteiger partial charge in [-0.2, -0.15) is 0 Å². The van der Waals surface area contributed by atoms with Crippen molar-refractivity contribution in [2.45, 2.75) is 52.9 Å². The first-order valence-corrected chi connectivity index (χ1v) is 10.8. The normalized spacial score (nSPS) is 21.4. The Labute approximate surface area is 173 Å². The van der Waals surface area contributed by atoms with Crippen LogP contribution < -0.4 is 5.32 Å². The standard InChI is InChI=1S/C26H31NO2/c1-5-21-20(16-29-6-2)24(19-13-9-11-17-10-7-8-12-18(17)19)25-22(27-21)14-26(3,4)15-23(25)28/h7-13,24,27H,5-6,14-16H2,1-4H3. The highest BCUT2D eigenvalue weighted by molar-refractivity contribution is 6.01. The van der Waals surface area contributed by atoms with E-state index in [0.29, 0.717) is 19.6 Å². The third-order valence-corrected chi connectivity index (χ3v) is 6.20. The summed E-state index contributed by atoms with van der Waals surface area (Å²) in [5, 5.41) is 6.09. The number of dihydropyridines is 1. The van der Waals surface area contributed by atoms with E-state index in [1.54, 1.807) is 0 Å². The first-order chi connectivity index (χ1) is 13.9. The molecule has 29 heavy (non-hydrogen) atoms. The summed E-state index contributed by atoms with van der Waals surface area (Å²) in [6.07, 6.45) is 2.40. The van der Waals surface area contributed by atoms with Crippen molar-refractivity contribution in [2.24, 2.45) is 5.41 Å². The second-order valence-corrected chi connectivity index (χ2v) is 8.95. The van der Waals surface area contributed by atoms with Crippen LogP contribution in [0.2, 0.25) is 0 Å². The lowest BCUT2D eigenvalue weighted by molar-refractivity contribution is -0.118. The van der Waals surface area contributed by atoms with Crippen LogP contribution in [0.1, 0.15) is 58.4 Å². The van der Waals surface area contributed by atoms with Crippen molar-refractivity contribution in [2.75, 3.05) is 13.2 Å². The van der Waals surface area contributed by atoms with E-state index in [1.165, 1.54) is 27.6 Å². The van der Waals surface area contributed by atoms with Crippen molar-refractivity contribution in [1.82, 2.24) is 5.32 Å². The van der Waals surface area contributed by atoms with E-state index in [4.69, 9.17) is 4.74 Å². The topological polar surface area (TPSA) is 38.3 Å². The summed E-state index contributed by atoms with van der Waals surface area (Å²) < 4.78 is 5.89. The summed E-state index contributed by atoms with van der Waals surface area (Å²) in [6, 6.07) is 14.9. The van der Waals surface area contributed by atoms with Crippen LogP contribution in [0.5, 0.6) is 0 Å². The Hall–Kier alpha value is -2.39. The minimum absolute atomic E-state index is 0.0114. The van der Waals surface area contributed by atoms with E-state index in [1.807, 2.05) is 6.92 Å². The number of carbonyl (C=O) groups excluding carboxylic acids is 1. The average Bonchev–Trinajstić information content (AvgIpc) is 2.70. The van der Waals surface area contributed by atoms with Crippen molar-refractivity contribution < 1.29 is 9.53 Å². The lowest BCUT2D eigenvalue weighted by atomic mass is 9.68. The molecule has 0 spiro atoms. The highest BCUT2D eigenvalue weighted by Crippen LogP contribution is 2.48. The number of ketones is 1. The second-order valence-electron chi connectivity index (χ2n) is 8.95. The molecule has 1 heterocycles. The van der Waals surface area contributed by atoms with Crippen molar-refractivity contribution in [3.63, 3.8) is 0 Å². The van der Waals surface area contributed by atoms with Gasteiger partial charge in [-0.3, -0.25) is 4.79 Å². The van der Waals surface area contributed by atoms with Gasteiger partial charge < -0.3 is 10.1 Å². The highest BCUT2D eigenvalue weighted by Gasteiger charge is 2.41. The summed E-state index contributed by atoms with van der Waals surface area (Å²) in [7, 11) is 0. The highest BCUT2D eigenvalue weighted by atomic mass is 16.5. The monoisotopic (exact) mass is 389 g/mol. The molecule has 1 unspecified atom stereocenters. The third kappa shape index (κ3) is 3.64. The van der Waals surface area contributed by atoms with Gasteiger partial charge in [-0.15, -0.1) is 0 Å². The number of allylic oxidation sites excluding steroid dienone is 3. The Morgan fingerprint density at radius 1 is 1.07 bits per heavy atom. The number of nitrogens with one attached hydrogen (secondary N) is 1. The lowest BCUT2D eigenvalue weighted by Crippen LogP contribution is -2.38. The molecule has 2 aromatic rings. The molecule has 0 amide bonds. The molecule has 0 saturated heterocycles.